The van der Waals surface area contributed by atoms with Crippen LogP contribution >= 0.6 is 11.8 Å². The van der Waals surface area contributed by atoms with Gasteiger partial charge < -0.3 is 10.1 Å². The molecule has 5 heteroatoms. The molecule has 0 heterocycles. The predicted octanol–water partition coefficient (Wildman–Crippen LogP) is 4.62. The van der Waals surface area contributed by atoms with Crippen molar-refractivity contribution >= 4 is 29.3 Å². The number of thioether (sulfide) groups is 1. The molecule has 1 N–H and O–H groups in total. The molecule has 0 spiro atoms. The van der Waals surface area contributed by atoms with E-state index in [1.54, 1.807) is 36.0 Å². The van der Waals surface area contributed by atoms with Crippen molar-refractivity contribution in [1.29, 1.82) is 0 Å². The first kappa shape index (κ1) is 18.1. The normalized spacial score (nSPS) is 10.2. The molecule has 0 radical (unpaired) electrons. The maximum absolute atomic E-state index is 12.5. The number of hydrogen-bond acceptors (Lipinski definition) is 4. The zero-order chi connectivity index (χ0) is 17.4. The minimum absolute atomic E-state index is 0.159. The number of carbonyl (C=O) groups is 2. The van der Waals surface area contributed by atoms with E-state index in [4.69, 9.17) is 4.74 Å². The first-order valence-electron chi connectivity index (χ1n) is 7.96. The van der Waals surface area contributed by atoms with Crippen molar-refractivity contribution in [2.75, 3.05) is 17.7 Å². The van der Waals surface area contributed by atoms with Gasteiger partial charge in [0.25, 0.3) is 5.91 Å². The van der Waals surface area contributed by atoms with Crippen LogP contribution in [0.15, 0.2) is 53.4 Å². The summed E-state index contributed by atoms with van der Waals surface area (Å²) in [5.41, 5.74) is 1.77. The molecule has 0 aliphatic carbocycles. The average Bonchev–Trinajstić information content (AvgIpc) is 2.61. The number of hydrogen-bond donors (Lipinski definition) is 1. The second-order valence-electron chi connectivity index (χ2n) is 5.10. The topological polar surface area (TPSA) is 55.4 Å². The molecule has 0 aliphatic heterocycles. The average molecular weight is 343 g/mol. The Morgan fingerprint density at radius 1 is 1.04 bits per heavy atom. The number of anilines is 1. The largest absolute Gasteiger partial charge is 0.462 e. The Morgan fingerprint density at radius 2 is 1.75 bits per heavy atom. The molecule has 0 unspecified atom stereocenters. The minimum atomic E-state index is -0.348. The van der Waals surface area contributed by atoms with Crippen LogP contribution in [0.3, 0.4) is 0 Å². The van der Waals surface area contributed by atoms with Crippen LogP contribution < -0.4 is 5.32 Å². The van der Waals surface area contributed by atoms with Crippen LogP contribution in [0.25, 0.3) is 0 Å². The molecule has 126 valence electrons. The predicted molar refractivity (Wildman–Crippen MR) is 97.8 cm³/mol. The summed E-state index contributed by atoms with van der Waals surface area (Å²) in [4.78, 5) is 25.2. The molecule has 0 atom stereocenters. The Hall–Kier alpha value is -2.27. The van der Waals surface area contributed by atoms with E-state index in [2.05, 4.69) is 12.2 Å². The lowest BCUT2D eigenvalue weighted by molar-refractivity contribution is 0.0505. The maximum Gasteiger partial charge on any atom is 0.338 e. The number of rotatable bonds is 7. The Labute approximate surface area is 146 Å². The highest BCUT2D eigenvalue weighted by atomic mass is 32.2. The molecule has 2 aromatic carbocycles. The fourth-order valence-electron chi connectivity index (χ4n) is 2.10. The van der Waals surface area contributed by atoms with Crippen LogP contribution in [0.4, 0.5) is 5.69 Å². The first-order valence-corrected chi connectivity index (χ1v) is 8.94. The smallest absolute Gasteiger partial charge is 0.338 e. The van der Waals surface area contributed by atoms with Crippen LogP contribution in [-0.2, 0) is 4.74 Å². The third-order valence-corrected chi connectivity index (χ3v) is 4.20. The molecule has 24 heavy (non-hydrogen) atoms. The van der Waals surface area contributed by atoms with Gasteiger partial charge in [0.2, 0.25) is 0 Å². The zero-order valence-electron chi connectivity index (χ0n) is 13.9. The molecule has 0 aromatic heterocycles. The van der Waals surface area contributed by atoms with E-state index in [0.29, 0.717) is 23.4 Å². The highest BCUT2D eigenvalue weighted by molar-refractivity contribution is 7.99. The molecule has 4 nitrogen and oxygen atoms in total. The first-order chi connectivity index (χ1) is 11.7. The van der Waals surface area contributed by atoms with Crippen molar-refractivity contribution in [1.82, 2.24) is 0 Å². The van der Waals surface area contributed by atoms with Crippen molar-refractivity contribution < 1.29 is 14.3 Å². The fraction of sp³-hybridized carbons (Fsp3) is 0.263. The highest BCUT2D eigenvalue weighted by Gasteiger charge is 2.12. The van der Waals surface area contributed by atoms with Gasteiger partial charge in [-0.05, 0) is 48.6 Å². The van der Waals surface area contributed by atoms with Gasteiger partial charge in [-0.15, -0.1) is 11.8 Å². The molecule has 0 fully saturated rings. The molecule has 1 amide bonds. The molecule has 2 aromatic rings. The van der Waals surface area contributed by atoms with E-state index in [-0.39, 0.29) is 11.9 Å². The number of benzene rings is 2. The summed E-state index contributed by atoms with van der Waals surface area (Å²) in [5.74, 6) is 0.394. The van der Waals surface area contributed by atoms with E-state index in [1.807, 2.05) is 31.2 Å². The van der Waals surface area contributed by atoms with Crippen molar-refractivity contribution in [3.05, 3.63) is 59.7 Å². The van der Waals surface area contributed by atoms with Gasteiger partial charge in [-0.3, -0.25) is 4.79 Å². The molecular weight excluding hydrogens is 322 g/mol. The fourth-order valence-corrected chi connectivity index (χ4v) is 2.90. The van der Waals surface area contributed by atoms with Crippen molar-refractivity contribution in [2.45, 2.75) is 25.2 Å². The summed E-state index contributed by atoms with van der Waals surface area (Å²) >= 11 is 1.63. The van der Waals surface area contributed by atoms with Gasteiger partial charge in [0.05, 0.1) is 17.7 Å². The van der Waals surface area contributed by atoms with E-state index < -0.39 is 0 Å². The van der Waals surface area contributed by atoms with E-state index in [1.165, 1.54) is 0 Å². The molecule has 0 saturated heterocycles. The Kier molecular flexibility index (Phi) is 6.88. The summed E-state index contributed by atoms with van der Waals surface area (Å²) in [6, 6.07) is 14.2. The Bertz CT molecular complexity index is 698. The number of nitrogens with one attached hydrogen (secondary N) is 1. The van der Waals surface area contributed by atoms with Crippen LogP contribution in [0.5, 0.6) is 0 Å². The lowest BCUT2D eigenvalue weighted by Gasteiger charge is -2.10. The Morgan fingerprint density at radius 3 is 2.42 bits per heavy atom. The molecule has 0 bridgehead atoms. The highest BCUT2D eigenvalue weighted by Crippen LogP contribution is 2.23. The van der Waals surface area contributed by atoms with Gasteiger partial charge in [-0.25, -0.2) is 4.79 Å². The van der Waals surface area contributed by atoms with Crippen LogP contribution in [0, 0.1) is 0 Å². The summed E-state index contributed by atoms with van der Waals surface area (Å²) in [6.07, 6.45) is 0.787. The monoisotopic (exact) mass is 343 g/mol. The third kappa shape index (κ3) is 4.86. The van der Waals surface area contributed by atoms with Crippen LogP contribution in [-0.4, -0.2) is 24.2 Å². The quantitative estimate of drug-likeness (QED) is 0.589. The molecule has 0 aliphatic rings. The van der Waals surface area contributed by atoms with Crippen LogP contribution in [0.1, 0.15) is 41.0 Å². The maximum atomic E-state index is 12.5. The number of amides is 1. The van der Waals surface area contributed by atoms with Gasteiger partial charge in [0, 0.05) is 10.6 Å². The van der Waals surface area contributed by atoms with Gasteiger partial charge >= 0.3 is 5.97 Å². The second kappa shape index (κ2) is 9.13. The summed E-state index contributed by atoms with van der Waals surface area (Å²) < 4.78 is 5.08. The lowest BCUT2D eigenvalue weighted by atomic mass is 10.2. The number of ether oxygens (including phenoxy) is 1. The Balaban J connectivity index is 2.06. The van der Waals surface area contributed by atoms with E-state index in [9.17, 15) is 9.59 Å². The number of carbonyl (C=O) groups excluding carboxylic acids is 2. The van der Waals surface area contributed by atoms with Gasteiger partial charge in [-0.1, -0.05) is 26.0 Å². The SMILES string of the molecule is CCCOC(=O)c1ccc(NC(=O)c2ccccc2SCC)cc1. The van der Waals surface area contributed by atoms with E-state index >= 15 is 0 Å². The standard InChI is InChI=1S/C19H21NO3S/c1-3-13-23-19(22)14-9-11-15(12-10-14)20-18(21)16-7-5-6-8-17(16)24-4-2/h5-12H,3-4,13H2,1-2H3,(H,20,21). The van der Waals surface area contributed by atoms with Crippen LogP contribution in [0.2, 0.25) is 0 Å². The minimum Gasteiger partial charge on any atom is -0.462 e. The summed E-state index contributed by atoms with van der Waals surface area (Å²) in [7, 11) is 0. The third-order valence-electron chi connectivity index (χ3n) is 3.25. The van der Waals surface area contributed by atoms with Crippen molar-refractivity contribution in [3.63, 3.8) is 0 Å². The lowest BCUT2D eigenvalue weighted by Crippen LogP contribution is -2.13. The second-order valence-corrected chi connectivity index (χ2v) is 6.40. The molecule has 2 rings (SSSR count). The summed E-state index contributed by atoms with van der Waals surface area (Å²) in [5, 5.41) is 2.86. The van der Waals surface area contributed by atoms with Crippen molar-refractivity contribution in [3.8, 4) is 0 Å². The van der Waals surface area contributed by atoms with Gasteiger partial charge in [-0.2, -0.15) is 0 Å². The molecular formula is C19H21NO3S. The number of esters is 1. The summed E-state index contributed by atoms with van der Waals surface area (Å²) in [6.45, 7) is 4.40. The molecule has 0 saturated carbocycles. The van der Waals surface area contributed by atoms with Gasteiger partial charge in [0.1, 0.15) is 0 Å². The zero-order valence-corrected chi connectivity index (χ0v) is 14.7. The van der Waals surface area contributed by atoms with E-state index in [0.717, 1.165) is 17.1 Å². The van der Waals surface area contributed by atoms with Crippen molar-refractivity contribution in [2.24, 2.45) is 0 Å². The van der Waals surface area contributed by atoms with Gasteiger partial charge in [0.15, 0.2) is 0 Å².